The largest absolute Gasteiger partial charge is 0.390 e. The molecule has 0 saturated heterocycles. The molecule has 2 aliphatic rings. The van der Waals surface area contributed by atoms with Crippen LogP contribution in [-0.4, -0.2) is 49.1 Å². The summed E-state index contributed by atoms with van der Waals surface area (Å²) >= 11 is 0. The molecule has 0 bridgehead atoms. The van der Waals surface area contributed by atoms with Crippen LogP contribution in [0.1, 0.15) is 55.8 Å². The van der Waals surface area contributed by atoms with Gasteiger partial charge in [-0.1, -0.05) is 0 Å². The van der Waals surface area contributed by atoms with Crippen LogP contribution in [0.25, 0.3) is 16.6 Å². The van der Waals surface area contributed by atoms with Crippen LogP contribution >= 0.6 is 0 Å². The fourth-order valence-corrected chi connectivity index (χ4v) is 4.94. The number of nitrogens with zero attached hydrogens (tertiary/aromatic N) is 4. The van der Waals surface area contributed by atoms with Crippen molar-refractivity contribution in [2.45, 2.75) is 69.2 Å². The van der Waals surface area contributed by atoms with Crippen LogP contribution in [0.15, 0.2) is 36.9 Å². The highest BCUT2D eigenvalue weighted by Gasteiger charge is 2.46. The molecule has 33 heavy (non-hydrogen) atoms. The summed E-state index contributed by atoms with van der Waals surface area (Å²) in [7, 11) is 0. The molecule has 0 unspecified atom stereocenters. The smallest absolute Gasteiger partial charge is 0.253 e. The minimum atomic E-state index is -2.90. The van der Waals surface area contributed by atoms with E-state index in [0.29, 0.717) is 11.7 Å². The Balaban J connectivity index is 1.29. The lowest BCUT2D eigenvalue weighted by Gasteiger charge is -2.24. The predicted octanol–water partition coefficient (Wildman–Crippen LogP) is 3.94. The number of aliphatic hydroxyl groups is 1. The number of pyridine rings is 1. The highest BCUT2D eigenvalue weighted by atomic mass is 19.3. The van der Waals surface area contributed by atoms with E-state index in [1.807, 2.05) is 23.0 Å². The highest BCUT2D eigenvalue weighted by Crippen LogP contribution is 2.38. The number of halogens is 2. The maximum atomic E-state index is 13.4. The Kier molecular flexibility index (Phi) is 5.92. The molecule has 3 aromatic rings. The van der Waals surface area contributed by atoms with Crippen molar-refractivity contribution in [2.24, 2.45) is 5.92 Å². The molecule has 0 aromatic carbocycles. The Hall–Kier alpha value is -2.78. The Morgan fingerprint density at radius 1 is 1.12 bits per heavy atom. The Labute approximate surface area is 189 Å². The first kappa shape index (κ1) is 22.0. The summed E-state index contributed by atoms with van der Waals surface area (Å²) in [5.74, 6) is -1.96. The van der Waals surface area contributed by atoms with E-state index >= 15 is 0 Å². The van der Waals surface area contributed by atoms with Gasteiger partial charge in [-0.15, -0.1) is 0 Å². The first-order chi connectivity index (χ1) is 15.9. The number of rotatable bonds is 6. The number of carbonyl (C=O) groups is 1. The van der Waals surface area contributed by atoms with Crippen LogP contribution in [-0.2, 0) is 16.1 Å². The summed E-state index contributed by atoms with van der Waals surface area (Å²) in [5, 5.41) is 14.2. The van der Waals surface area contributed by atoms with Crippen molar-refractivity contribution in [3.8, 4) is 11.1 Å². The van der Waals surface area contributed by atoms with E-state index in [4.69, 9.17) is 4.74 Å². The van der Waals surface area contributed by atoms with Gasteiger partial charge < -0.3 is 14.6 Å². The van der Waals surface area contributed by atoms with Crippen LogP contribution in [0.5, 0.6) is 0 Å². The number of hydrogen-bond donors (Lipinski definition) is 1. The zero-order valence-corrected chi connectivity index (χ0v) is 18.1. The van der Waals surface area contributed by atoms with Gasteiger partial charge in [0.2, 0.25) is 0 Å². The van der Waals surface area contributed by atoms with E-state index < -0.39 is 31.0 Å². The second-order valence-corrected chi connectivity index (χ2v) is 9.16. The third-order valence-electron chi connectivity index (χ3n) is 6.86. The van der Waals surface area contributed by atoms with Crippen molar-refractivity contribution in [1.29, 1.82) is 0 Å². The molecule has 0 radical (unpaired) electrons. The molecule has 5 rings (SSSR count). The van der Waals surface area contributed by atoms with E-state index in [9.17, 15) is 18.7 Å². The maximum absolute atomic E-state index is 13.4. The Morgan fingerprint density at radius 3 is 2.55 bits per heavy atom. The molecule has 0 aliphatic heterocycles. The maximum Gasteiger partial charge on any atom is 0.253 e. The molecule has 2 aliphatic carbocycles. The molecule has 0 spiro atoms. The number of aromatic nitrogens is 4. The van der Waals surface area contributed by atoms with Gasteiger partial charge in [0, 0.05) is 48.5 Å². The summed E-state index contributed by atoms with van der Waals surface area (Å²) in [5.41, 5.74) is 4.00. The minimum Gasteiger partial charge on any atom is -0.390 e. The number of alkyl halides is 2. The van der Waals surface area contributed by atoms with Gasteiger partial charge in [0.25, 0.3) is 5.92 Å². The van der Waals surface area contributed by atoms with Gasteiger partial charge in [-0.05, 0) is 49.3 Å². The van der Waals surface area contributed by atoms with Gasteiger partial charge in [0.05, 0.1) is 23.9 Å². The molecule has 7 nitrogen and oxygen atoms in total. The third-order valence-corrected chi connectivity index (χ3v) is 6.86. The Bertz CT molecular complexity index is 1130. The molecule has 3 heterocycles. The number of aldehydes is 1. The molecule has 2 fully saturated rings. The standard InChI is InChI=1S/C24H26F2N4O3/c25-24(26)8-21(32)22(9-24)33-14-23-27-10-18(11-28-23)17-5-6-30-20(7-17)19(12-29-30)16-3-1-15(13-31)2-4-16/h5-7,10-13,15-16,21-22,32H,1-4,8-9,14H2/t15?,16?,21-,22-/m1/s1. The van der Waals surface area contributed by atoms with Crippen LogP contribution in [0.3, 0.4) is 0 Å². The topological polar surface area (TPSA) is 89.6 Å². The highest BCUT2D eigenvalue weighted by molar-refractivity contribution is 5.70. The lowest BCUT2D eigenvalue weighted by atomic mass is 9.79. The summed E-state index contributed by atoms with van der Waals surface area (Å²) in [6, 6.07) is 4.01. The number of ether oxygens (including phenoxy) is 1. The lowest BCUT2D eigenvalue weighted by Crippen LogP contribution is -2.22. The van der Waals surface area contributed by atoms with E-state index in [1.54, 1.807) is 12.4 Å². The second-order valence-electron chi connectivity index (χ2n) is 9.16. The van der Waals surface area contributed by atoms with E-state index in [1.165, 1.54) is 5.56 Å². The molecular weight excluding hydrogens is 430 g/mol. The molecule has 2 saturated carbocycles. The number of fused-ring (bicyclic) bond motifs is 1. The third kappa shape index (κ3) is 4.65. The molecule has 174 valence electrons. The molecular formula is C24H26F2N4O3. The summed E-state index contributed by atoms with van der Waals surface area (Å²) in [6.07, 6.45) is 8.91. The van der Waals surface area contributed by atoms with Crippen molar-refractivity contribution in [3.05, 3.63) is 48.3 Å². The number of aliphatic hydroxyl groups excluding tert-OH is 1. The van der Waals surface area contributed by atoms with E-state index in [2.05, 4.69) is 21.1 Å². The zero-order chi connectivity index (χ0) is 23.0. The zero-order valence-electron chi connectivity index (χ0n) is 18.1. The average molecular weight is 456 g/mol. The molecule has 1 N–H and O–H groups in total. The first-order valence-corrected chi connectivity index (χ1v) is 11.3. The van der Waals surface area contributed by atoms with Crippen molar-refractivity contribution in [1.82, 2.24) is 19.6 Å². The first-order valence-electron chi connectivity index (χ1n) is 11.3. The molecule has 9 heteroatoms. The average Bonchev–Trinajstić information content (AvgIpc) is 3.36. The van der Waals surface area contributed by atoms with Crippen molar-refractivity contribution < 1.29 is 23.4 Å². The van der Waals surface area contributed by atoms with Crippen molar-refractivity contribution in [2.75, 3.05) is 0 Å². The van der Waals surface area contributed by atoms with Crippen molar-refractivity contribution in [3.63, 3.8) is 0 Å². The van der Waals surface area contributed by atoms with E-state index in [-0.39, 0.29) is 12.5 Å². The predicted molar refractivity (Wildman–Crippen MR) is 116 cm³/mol. The second kappa shape index (κ2) is 8.87. The number of carbonyl (C=O) groups excluding carboxylic acids is 1. The molecule has 3 aromatic heterocycles. The normalized spacial score (nSPS) is 27.1. The summed E-state index contributed by atoms with van der Waals surface area (Å²) < 4.78 is 34.1. The van der Waals surface area contributed by atoms with Crippen LogP contribution in [0, 0.1) is 5.92 Å². The minimum absolute atomic E-state index is 0.0344. The van der Waals surface area contributed by atoms with Gasteiger partial charge in [-0.2, -0.15) is 5.10 Å². The van der Waals surface area contributed by atoms with Crippen molar-refractivity contribution >= 4 is 11.8 Å². The fraction of sp³-hybridized carbons (Fsp3) is 0.500. The SMILES string of the molecule is O=CC1CCC(c2cnn3ccc(-c4cnc(CO[C@@H]5CC(F)(F)C[C@H]5O)nc4)cc23)CC1. The van der Waals surface area contributed by atoms with Gasteiger partial charge in [-0.25, -0.2) is 23.3 Å². The van der Waals surface area contributed by atoms with Gasteiger partial charge in [-0.3, -0.25) is 0 Å². The summed E-state index contributed by atoms with van der Waals surface area (Å²) in [6.45, 7) is -0.0344. The number of hydrogen-bond acceptors (Lipinski definition) is 6. The van der Waals surface area contributed by atoms with Crippen LogP contribution in [0.4, 0.5) is 8.78 Å². The summed E-state index contributed by atoms with van der Waals surface area (Å²) in [4.78, 5) is 19.7. The monoisotopic (exact) mass is 456 g/mol. The van der Waals surface area contributed by atoms with Crippen LogP contribution < -0.4 is 0 Å². The van der Waals surface area contributed by atoms with Gasteiger partial charge >= 0.3 is 0 Å². The molecule has 2 atom stereocenters. The quantitative estimate of drug-likeness (QED) is 0.565. The van der Waals surface area contributed by atoms with Gasteiger partial charge in [0.15, 0.2) is 5.82 Å². The lowest BCUT2D eigenvalue weighted by molar-refractivity contribution is -0.111. The fourth-order valence-electron chi connectivity index (χ4n) is 4.94. The van der Waals surface area contributed by atoms with E-state index in [0.717, 1.165) is 48.6 Å². The Morgan fingerprint density at radius 2 is 1.88 bits per heavy atom. The van der Waals surface area contributed by atoms with Crippen LogP contribution in [0.2, 0.25) is 0 Å². The van der Waals surface area contributed by atoms with Gasteiger partial charge in [0.1, 0.15) is 12.9 Å². The molecule has 0 amide bonds.